The first kappa shape index (κ1) is 12.7. The number of alkyl halides is 1. The average molecular weight is 210 g/mol. The fourth-order valence-corrected chi connectivity index (χ4v) is 0.975. The van der Waals surface area contributed by atoms with Crippen molar-refractivity contribution in [1.29, 1.82) is 0 Å². The molecular weight excluding hydrogens is 194 g/mol. The Morgan fingerprint density at radius 2 is 1.77 bits per heavy atom. The Morgan fingerprint density at radius 3 is 2.08 bits per heavy atom. The third-order valence-corrected chi connectivity index (χ3v) is 1.80. The van der Waals surface area contributed by atoms with Crippen LogP contribution >= 0.6 is 11.6 Å². The Labute approximate surface area is 83.5 Å². The van der Waals surface area contributed by atoms with E-state index in [9.17, 15) is 4.79 Å². The Balaban J connectivity index is 3.97. The minimum Gasteiger partial charge on any atom is -0.354 e. The van der Waals surface area contributed by atoms with E-state index in [0.717, 1.165) is 0 Å². The van der Waals surface area contributed by atoms with Gasteiger partial charge >= 0.3 is 0 Å². The molecule has 0 rings (SSSR count). The van der Waals surface area contributed by atoms with Crippen molar-refractivity contribution >= 4 is 17.5 Å². The van der Waals surface area contributed by atoms with Crippen LogP contribution < -0.4 is 5.32 Å². The Morgan fingerprint density at radius 1 is 1.31 bits per heavy atom. The summed E-state index contributed by atoms with van der Waals surface area (Å²) < 4.78 is 9.92. The Bertz CT molecular complexity index is 159. The smallest absolute Gasteiger partial charge is 0.238 e. The predicted molar refractivity (Wildman–Crippen MR) is 50.7 cm³/mol. The lowest BCUT2D eigenvalue weighted by Crippen LogP contribution is -2.45. The molecule has 78 valence electrons. The number of hydrogen-bond acceptors (Lipinski definition) is 3. The molecule has 0 spiro atoms. The molecule has 0 saturated heterocycles. The first-order valence-electron chi connectivity index (χ1n) is 4.03. The summed E-state index contributed by atoms with van der Waals surface area (Å²) in [7, 11) is 3.03. The van der Waals surface area contributed by atoms with E-state index in [1.54, 1.807) is 13.8 Å². The van der Waals surface area contributed by atoms with Crippen LogP contribution in [0.25, 0.3) is 0 Å². The van der Waals surface area contributed by atoms with Gasteiger partial charge in [-0.1, -0.05) is 0 Å². The molecule has 0 aliphatic heterocycles. The van der Waals surface area contributed by atoms with E-state index in [-0.39, 0.29) is 11.9 Å². The fraction of sp³-hybridized carbons (Fsp3) is 0.875. The van der Waals surface area contributed by atoms with Gasteiger partial charge in [-0.15, -0.1) is 11.6 Å². The number of ether oxygens (including phenoxy) is 2. The number of amides is 1. The summed E-state index contributed by atoms with van der Waals surface area (Å²) in [5, 5.41) is 2.12. The molecule has 4 nitrogen and oxygen atoms in total. The highest BCUT2D eigenvalue weighted by atomic mass is 35.5. The molecule has 1 amide bonds. The van der Waals surface area contributed by atoms with E-state index in [0.29, 0.717) is 0 Å². The molecule has 0 radical (unpaired) electrons. The van der Waals surface area contributed by atoms with Gasteiger partial charge in [-0.25, -0.2) is 0 Å². The number of nitrogens with one attached hydrogen (secondary N) is 1. The molecule has 0 aliphatic carbocycles. The molecule has 0 aromatic heterocycles. The van der Waals surface area contributed by atoms with Crippen molar-refractivity contribution in [2.45, 2.75) is 31.6 Å². The number of carbonyl (C=O) groups excluding carboxylic acids is 1. The Hall–Kier alpha value is -0.320. The zero-order valence-corrected chi connectivity index (χ0v) is 9.09. The highest BCUT2D eigenvalue weighted by Gasteiger charge is 2.19. The molecule has 13 heavy (non-hydrogen) atoms. The summed E-state index contributed by atoms with van der Waals surface area (Å²) in [4.78, 5) is 11.1. The standard InChI is InChI=1S/C8H16ClNO3/c1-5(9)7(11)10-6(2)8(12-3)13-4/h5-6,8H,1-4H3,(H,10,11). The van der Waals surface area contributed by atoms with Crippen molar-refractivity contribution < 1.29 is 14.3 Å². The van der Waals surface area contributed by atoms with Crippen LogP contribution in [-0.4, -0.2) is 37.8 Å². The molecule has 0 aliphatic rings. The fourth-order valence-electron chi connectivity index (χ4n) is 0.912. The van der Waals surface area contributed by atoms with Gasteiger partial charge < -0.3 is 14.8 Å². The zero-order valence-electron chi connectivity index (χ0n) is 8.33. The van der Waals surface area contributed by atoms with Crippen LogP contribution in [0, 0.1) is 0 Å². The third-order valence-electron chi connectivity index (χ3n) is 1.60. The summed E-state index contributed by atoms with van der Waals surface area (Å²) >= 11 is 5.57. The van der Waals surface area contributed by atoms with E-state index in [4.69, 9.17) is 21.1 Å². The SMILES string of the molecule is COC(OC)C(C)NC(=O)C(C)Cl. The van der Waals surface area contributed by atoms with Gasteiger partial charge in [-0.05, 0) is 13.8 Å². The first-order valence-corrected chi connectivity index (χ1v) is 4.46. The van der Waals surface area contributed by atoms with Crippen LogP contribution in [0.5, 0.6) is 0 Å². The van der Waals surface area contributed by atoms with E-state index in [2.05, 4.69) is 5.32 Å². The summed E-state index contributed by atoms with van der Waals surface area (Å²) in [5.74, 6) is -0.228. The quantitative estimate of drug-likeness (QED) is 0.537. The number of carbonyl (C=O) groups is 1. The maximum Gasteiger partial charge on any atom is 0.238 e. The molecule has 0 heterocycles. The van der Waals surface area contributed by atoms with Crippen LogP contribution in [0.2, 0.25) is 0 Å². The second-order valence-corrected chi connectivity index (χ2v) is 3.41. The maximum absolute atomic E-state index is 11.1. The summed E-state index contributed by atoms with van der Waals surface area (Å²) in [6.07, 6.45) is -0.445. The van der Waals surface area contributed by atoms with Gasteiger partial charge in [0.2, 0.25) is 5.91 Å². The molecular formula is C8H16ClNO3. The van der Waals surface area contributed by atoms with Crippen LogP contribution in [0.3, 0.4) is 0 Å². The second kappa shape index (κ2) is 6.18. The molecule has 5 heteroatoms. The number of halogens is 1. The van der Waals surface area contributed by atoms with E-state index >= 15 is 0 Å². The third kappa shape index (κ3) is 4.45. The van der Waals surface area contributed by atoms with Crippen LogP contribution in [0.1, 0.15) is 13.8 Å². The van der Waals surface area contributed by atoms with Crippen molar-refractivity contribution in [3.05, 3.63) is 0 Å². The van der Waals surface area contributed by atoms with Crippen molar-refractivity contribution in [3.63, 3.8) is 0 Å². The van der Waals surface area contributed by atoms with Gasteiger partial charge in [0.1, 0.15) is 5.38 Å². The topological polar surface area (TPSA) is 47.6 Å². The van der Waals surface area contributed by atoms with E-state index in [1.165, 1.54) is 14.2 Å². The van der Waals surface area contributed by atoms with E-state index < -0.39 is 11.7 Å². The number of rotatable bonds is 5. The lowest BCUT2D eigenvalue weighted by atomic mass is 10.3. The average Bonchev–Trinajstić information content (AvgIpc) is 2.06. The molecule has 1 N–H and O–H groups in total. The van der Waals surface area contributed by atoms with Gasteiger partial charge in [0, 0.05) is 14.2 Å². The van der Waals surface area contributed by atoms with Gasteiger partial charge in [0.05, 0.1) is 6.04 Å². The largest absolute Gasteiger partial charge is 0.354 e. The molecule has 2 atom stereocenters. The molecule has 2 unspecified atom stereocenters. The molecule has 0 saturated carbocycles. The predicted octanol–water partition coefficient (Wildman–Crippen LogP) is 0.737. The molecule has 0 fully saturated rings. The van der Waals surface area contributed by atoms with E-state index in [1.807, 2.05) is 0 Å². The zero-order chi connectivity index (χ0) is 10.4. The summed E-state index contributed by atoms with van der Waals surface area (Å²) in [5.41, 5.74) is 0. The lowest BCUT2D eigenvalue weighted by molar-refractivity contribution is -0.135. The van der Waals surface area contributed by atoms with Crippen molar-refractivity contribution in [1.82, 2.24) is 5.32 Å². The highest BCUT2D eigenvalue weighted by molar-refractivity contribution is 6.30. The van der Waals surface area contributed by atoms with Crippen molar-refractivity contribution in [3.8, 4) is 0 Å². The highest BCUT2D eigenvalue weighted by Crippen LogP contribution is 2.00. The van der Waals surface area contributed by atoms with Gasteiger partial charge in [0.25, 0.3) is 0 Å². The van der Waals surface area contributed by atoms with Crippen molar-refractivity contribution in [2.75, 3.05) is 14.2 Å². The maximum atomic E-state index is 11.1. The second-order valence-electron chi connectivity index (χ2n) is 2.75. The normalized spacial score (nSPS) is 15.5. The molecule has 0 aromatic carbocycles. The summed E-state index contributed by atoms with van der Waals surface area (Å²) in [6.45, 7) is 3.40. The van der Waals surface area contributed by atoms with Crippen LogP contribution in [0.4, 0.5) is 0 Å². The Kier molecular flexibility index (Phi) is 6.03. The lowest BCUT2D eigenvalue weighted by Gasteiger charge is -2.22. The first-order chi connectivity index (χ1) is 6.02. The van der Waals surface area contributed by atoms with Crippen LogP contribution in [-0.2, 0) is 14.3 Å². The monoisotopic (exact) mass is 209 g/mol. The van der Waals surface area contributed by atoms with Crippen LogP contribution in [0.15, 0.2) is 0 Å². The summed E-state index contributed by atoms with van der Waals surface area (Å²) in [6, 6.07) is -0.219. The minimum absolute atomic E-state index is 0.219. The molecule has 0 aromatic rings. The van der Waals surface area contributed by atoms with Crippen molar-refractivity contribution in [2.24, 2.45) is 0 Å². The molecule has 0 bridgehead atoms. The van der Waals surface area contributed by atoms with Gasteiger partial charge in [0.15, 0.2) is 6.29 Å². The number of methoxy groups -OCH3 is 2. The van der Waals surface area contributed by atoms with Gasteiger partial charge in [-0.2, -0.15) is 0 Å². The van der Waals surface area contributed by atoms with Gasteiger partial charge in [-0.3, -0.25) is 4.79 Å². The minimum atomic E-state index is -0.545. The number of hydrogen-bond donors (Lipinski definition) is 1.